The minimum absolute atomic E-state index is 0.183. The molecule has 4 heteroatoms. The van der Waals surface area contributed by atoms with Crippen molar-refractivity contribution in [3.63, 3.8) is 0 Å². The third-order valence-corrected chi connectivity index (χ3v) is 5.62. The number of amides is 2. The van der Waals surface area contributed by atoms with Crippen LogP contribution in [-0.2, 0) is 0 Å². The molecular weight excluding hydrogens is 384 g/mol. The smallest absolute Gasteiger partial charge is 0.255 e. The Morgan fingerprint density at radius 3 is 2.06 bits per heavy atom. The standard InChI is InChI=1S/C27H24N2O2/c1-17-8-9-21-16-22(12-15-24(21)19(17)3)27(31)28-23-13-10-20(11-14-23)26(30)29-25-7-5-4-6-18(25)2/h4-16H,1-3H3,(H,28,31)(H,29,30). The highest BCUT2D eigenvalue weighted by molar-refractivity contribution is 6.08. The van der Waals surface area contributed by atoms with Gasteiger partial charge >= 0.3 is 0 Å². The monoisotopic (exact) mass is 408 g/mol. The molecule has 0 radical (unpaired) electrons. The van der Waals surface area contributed by atoms with Crippen LogP contribution in [0.4, 0.5) is 11.4 Å². The summed E-state index contributed by atoms with van der Waals surface area (Å²) in [7, 11) is 0. The summed E-state index contributed by atoms with van der Waals surface area (Å²) in [6.45, 7) is 6.12. The fourth-order valence-electron chi connectivity index (χ4n) is 3.55. The van der Waals surface area contributed by atoms with Crippen molar-refractivity contribution in [3.8, 4) is 0 Å². The van der Waals surface area contributed by atoms with Crippen LogP contribution in [0.15, 0.2) is 78.9 Å². The first-order valence-corrected chi connectivity index (χ1v) is 10.2. The fraction of sp³-hybridized carbons (Fsp3) is 0.111. The molecule has 0 heterocycles. The van der Waals surface area contributed by atoms with Crippen LogP contribution in [-0.4, -0.2) is 11.8 Å². The second-order valence-electron chi connectivity index (χ2n) is 7.74. The largest absolute Gasteiger partial charge is 0.322 e. The number of hydrogen-bond acceptors (Lipinski definition) is 2. The van der Waals surface area contributed by atoms with E-state index in [1.807, 2.05) is 55.5 Å². The average Bonchev–Trinajstić information content (AvgIpc) is 2.78. The van der Waals surface area contributed by atoms with Crippen LogP contribution in [0.5, 0.6) is 0 Å². The van der Waals surface area contributed by atoms with Crippen LogP contribution in [0.25, 0.3) is 10.8 Å². The van der Waals surface area contributed by atoms with Gasteiger partial charge < -0.3 is 10.6 Å². The van der Waals surface area contributed by atoms with E-state index in [1.54, 1.807) is 24.3 Å². The lowest BCUT2D eigenvalue weighted by Crippen LogP contribution is -2.14. The van der Waals surface area contributed by atoms with Crippen molar-refractivity contribution in [2.24, 2.45) is 0 Å². The summed E-state index contributed by atoms with van der Waals surface area (Å²) in [4.78, 5) is 25.2. The van der Waals surface area contributed by atoms with Gasteiger partial charge in [0.1, 0.15) is 0 Å². The summed E-state index contributed by atoms with van der Waals surface area (Å²) >= 11 is 0. The highest BCUT2D eigenvalue weighted by Crippen LogP contribution is 2.23. The van der Waals surface area contributed by atoms with E-state index in [9.17, 15) is 9.59 Å². The van der Waals surface area contributed by atoms with Crippen molar-refractivity contribution in [2.75, 3.05) is 10.6 Å². The molecule has 4 aromatic rings. The molecule has 4 rings (SSSR count). The topological polar surface area (TPSA) is 58.2 Å². The molecular formula is C27H24N2O2. The van der Waals surface area contributed by atoms with Gasteiger partial charge in [-0.2, -0.15) is 0 Å². The van der Waals surface area contributed by atoms with Gasteiger partial charge in [0.05, 0.1) is 0 Å². The van der Waals surface area contributed by atoms with Crippen LogP contribution in [0.2, 0.25) is 0 Å². The van der Waals surface area contributed by atoms with Crippen molar-refractivity contribution in [2.45, 2.75) is 20.8 Å². The van der Waals surface area contributed by atoms with Gasteiger partial charge in [0.25, 0.3) is 11.8 Å². The van der Waals surface area contributed by atoms with Crippen molar-refractivity contribution >= 4 is 34.0 Å². The Morgan fingerprint density at radius 1 is 0.645 bits per heavy atom. The molecule has 154 valence electrons. The third-order valence-electron chi connectivity index (χ3n) is 5.62. The molecule has 0 unspecified atom stereocenters. The van der Waals surface area contributed by atoms with E-state index in [2.05, 4.69) is 30.5 Å². The molecule has 4 nitrogen and oxygen atoms in total. The minimum atomic E-state index is -0.188. The lowest BCUT2D eigenvalue weighted by atomic mass is 9.99. The van der Waals surface area contributed by atoms with E-state index in [4.69, 9.17) is 0 Å². The molecule has 0 aromatic heterocycles. The Labute approximate surface area is 181 Å². The average molecular weight is 409 g/mol. The zero-order valence-corrected chi connectivity index (χ0v) is 17.8. The first-order chi connectivity index (χ1) is 14.9. The lowest BCUT2D eigenvalue weighted by molar-refractivity contribution is 0.102. The quantitative estimate of drug-likeness (QED) is 0.418. The van der Waals surface area contributed by atoms with Crippen LogP contribution < -0.4 is 10.6 Å². The fourth-order valence-corrected chi connectivity index (χ4v) is 3.55. The lowest BCUT2D eigenvalue weighted by Gasteiger charge is -2.10. The number of hydrogen-bond donors (Lipinski definition) is 2. The molecule has 0 saturated heterocycles. The normalized spacial score (nSPS) is 10.7. The van der Waals surface area contributed by atoms with Crippen molar-refractivity contribution in [1.29, 1.82) is 0 Å². The van der Waals surface area contributed by atoms with Crippen LogP contribution >= 0.6 is 0 Å². The molecule has 0 fully saturated rings. The molecule has 0 spiro atoms. The van der Waals surface area contributed by atoms with Gasteiger partial charge in [-0.3, -0.25) is 9.59 Å². The van der Waals surface area contributed by atoms with Gasteiger partial charge in [0.15, 0.2) is 0 Å². The number of para-hydroxylation sites is 1. The van der Waals surface area contributed by atoms with E-state index < -0.39 is 0 Å². The molecule has 0 aliphatic rings. The number of rotatable bonds is 4. The molecule has 2 N–H and O–H groups in total. The van der Waals surface area contributed by atoms with E-state index in [-0.39, 0.29) is 11.8 Å². The maximum absolute atomic E-state index is 12.7. The van der Waals surface area contributed by atoms with E-state index >= 15 is 0 Å². The predicted molar refractivity (Wildman–Crippen MR) is 127 cm³/mol. The van der Waals surface area contributed by atoms with E-state index in [1.165, 1.54) is 11.1 Å². The number of aryl methyl sites for hydroxylation is 3. The first kappa shape index (κ1) is 20.4. The minimum Gasteiger partial charge on any atom is -0.322 e. The van der Waals surface area contributed by atoms with E-state index in [0.717, 1.165) is 22.0 Å². The van der Waals surface area contributed by atoms with Gasteiger partial charge in [-0.15, -0.1) is 0 Å². The SMILES string of the molecule is Cc1ccccc1NC(=O)c1ccc(NC(=O)c2ccc3c(C)c(C)ccc3c2)cc1. The molecule has 0 saturated carbocycles. The maximum atomic E-state index is 12.7. The predicted octanol–water partition coefficient (Wildman–Crippen LogP) is 6.27. The van der Waals surface area contributed by atoms with Crippen LogP contribution in [0.3, 0.4) is 0 Å². The second-order valence-corrected chi connectivity index (χ2v) is 7.74. The van der Waals surface area contributed by atoms with Gasteiger partial charge in [-0.1, -0.05) is 36.4 Å². The zero-order chi connectivity index (χ0) is 22.0. The van der Waals surface area contributed by atoms with Crippen LogP contribution in [0.1, 0.15) is 37.4 Å². The first-order valence-electron chi connectivity index (χ1n) is 10.2. The third kappa shape index (κ3) is 4.33. The Balaban J connectivity index is 1.47. The summed E-state index contributed by atoms with van der Waals surface area (Å²) in [5.74, 6) is -0.371. The summed E-state index contributed by atoms with van der Waals surface area (Å²) in [6.07, 6.45) is 0. The van der Waals surface area contributed by atoms with Crippen molar-refractivity contribution in [1.82, 2.24) is 0 Å². The van der Waals surface area contributed by atoms with Gasteiger partial charge in [-0.25, -0.2) is 0 Å². The van der Waals surface area contributed by atoms with Gasteiger partial charge in [0, 0.05) is 22.5 Å². The number of fused-ring (bicyclic) bond motifs is 1. The maximum Gasteiger partial charge on any atom is 0.255 e. The number of nitrogens with one attached hydrogen (secondary N) is 2. The molecule has 0 bridgehead atoms. The Morgan fingerprint density at radius 2 is 1.32 bits per heavy atom. The Kier molecular flexibility index (Phi) is 5.54. The second kappa shape index (κ2) is 8.44. The van der Waals surface area contributed by atoms with Gasteiger partial charge in [0.2, 0.25) is 0 Å². The Hall–Kier alpha value is -3.92. The highest BCUT2D eigenvalue weighted by atomic mass is 16.2. The van der Waals surface area contributed by atoms with Crippen molar-refractivity contribution < 1.29 is 9.59 Å². The molecule has 0 atom stereocenters. The van der Waals surface area contributed by atoms with Crippen LogP contribution in [0, 0.1) is 20.8 Å². The summed E-state index contributed by atoms with van der Waals surface area (Å²) < 4.78 is 0. The highest BCUT2D eigenvalue weighted by Gasteiger charge is 2.11. The number of carbonyl (C=O) groups excluding carboxylic acids is 2. The number of carbonyl (C=O) groups is 2. The van der Waals surface area contributed by atoms with E-state index in [0.29, 0.717) is 16.8 Å². The number of anilines is 2. The molecule has 0 aliphatic heterocycles. The molecule has 31 heavy (non-hydrogen) atoms. The zero-order valence-electron chi connectivity index (χ0n) is 17.8. The number of benzene rings is 4. The van der Waals surface area contributed by atoms with Crippen molar-refractivity contribution in [3.05, 3.63) is 107 Å². The Bertz CT molecular complexity index is 1290. The van der Waals surface area contributed by atoms with Gasteiger partial charge in [-0.05, 0) is 90.7 Å². The molecule has 2 amide bonds. The summed E-state index contributed by atoms with van der Waals surface area (Å²) in [6, 6.07) is 24.4. The molecule has 4 aromatic carbocycles. The summed E-state index contributed by atoms with van der Waals surface area (Å²) in [5, 5.41) is 8.01. The molecule has 0 aliphatic carbocycles. The summed E-state index contributed by atoms with van der Waals surface area (Å²) in [5.41, 5.74) is 6.00.